The first-order valence-electron chi connectivity index (χ1n) is 8.13. The highest BCUT2D eigenvalue weighted by molar-refractivity contribution is 5.95. The van der Waals surface area contributed by atoms with E-state index >= 15 is 0 Å². The summed E-state index contributed by atoms with van der Waals surface area (Å²) in [5, 5.41) is 4.37. The number of nitrogen functional groups attached to an aromatic ring is 1. The first-order valence-corrected chi connectivity index (χ1v) is 8.13. The fraction of sp³-hybridized carbons (Fsp3) is 0.353. The van der Waals surface area contributed by atoms with E-state index in [4.69, 9.17) is 10.2 Å². The number of carbonyl (C=O) groups is 1. The number of nitrogens with zero attached hydrogens (tertiary/aromatic N) is 4. The van der Waals surface area contributed by atoms with E-state index < -0.39 is 0 Å². The molecule has 0 aliphatic heterocycles. The van der Waals surface area contributed by atoms with E-state index in [1.807, 2.05) is 4.90 Å². The van der Waals surface area contributed by atoms with Gasteiger partial charge in [-0.1, -0.05) is 13.8 Å². The molecule has 0 saturated carbocycles. The zero-order chi connectivity index (χ0) is 17.1. The van der Waals surface area contributed by atoms with Crippen LogP contribution in [0.15, 0.2) is 35.1 Å². The zero-order valence-electron chi connectivity index (χ0n) is 13.9. The largest absolute Gasteiger partial charge is 0.461 e. The van der Waals surface area contributed by atoms with Gasteiger partial charge < -0.3 is 15.1 Å². The highest BCUT2D eigenvalue weighted by Gasteiger charge is 2.18. The molecule has 126 valence electrons. The molecule has 0 saturated heterocycles. The van der Waals surface area contributed by atoms with Crippen LogP contribution in [0.4, 0.5) is 5.69 Å². The van der Waals surface area contributed by atoms with E-state index in [2.05, 4.69) is 23.9 Å². The van der Waals surface area contributed by atoms with Crippen molar-refractivity contribution in [1.82, 2.24) is 19.5 Å². The van der Waals surface area contributed by atoms with Gasteiger partial charge in [0.25, 0.3) is 5.91 Å². The average Bonchev–Trinajstić information content (AvgIpc) is 3.23. The van der Waals surface area contributed by atoms with E-state index in [1.54, 1.807) is 30.7 Å². The normalized spacial score (nSPS) is 11.1. The number of carbonyl (C=O) groups excluding carboxylic acids is 1. The number of rotatable bonds is 6. The van der Waals surface area contributed by atoms with Crippen molar-refractivity contribution in [3.8, 4) is 11.6 Å². The maximum Gasteiger partial charge on any atom is 0.255 e. The Hall–Kier alpha value is -2.83. The lowest BCUT2D eigenvalue weighted by Gasteiger charge is -2.21. The van der Waals surface area contributed by atoms with Crippen molar-refractivity contribution >= 4 is 17.2 Å². The highest BCUT2D eigenvalue weighted by atomic mass is 16.3. The lowest BCUT2D eigenvalue weighted by Crippen LogP contribution is -2.32. The van der Waals surface area contributed by atoms with Crippen LogP contribution in [-0.2, 0) is 0 Å². The van der Waals surface area contributed by atoms with Gasteiger partial charge in [-0.05, 0) is 31.0 Å². The van der Waals surface area contributed by atoms with E-state index in [0.717, 1.165) is 25.9 Å². The van der Waals surface area contributed by atoms with Crippen LogP contribution in [0.5, 0.6) is 0 Å². The summed E-state index contributed by atoms with van der Waals surface area (Å²) < 4.78 is 6.85. The Morgan fingerprint density at radius 1 is 1.33 bits per heavy atom. The van der Waals surface area contributed by atoms with Gasteiger partial charge in [0.1, 0.15) is 0 Å². The summed E-state index contributed by atoms with van der Waals surface area (Å²) >= 11 is 0. The van der Waals surface area contributed by atoms with Gasteiger partial charge in [-0.3, -0.25) is 4.79 Å². The third-order valence-electron chi connectivity index (χ3n) is 3.72. The molecule has 0 fully saturated rings. The molecule has 3 aromatic rings. The minimum Gasteiger partial charge on any atom is -0.461 e. The molecule has 3 rings (SSSR count). The fourth-order valence-corrected chi connectivity index (χ4v) is 2.68. The number of amides is 1. The maximum absolute atomic E-state index is 12.7. The molecule has 24 heavy (non-hydrogen) atoms. The lowest BCUT2D eigenvalue weighted by atomic mass is 10.2. The molecular formula is C17H21N5O2. The Morgan fingerprint density at radius 3 is 2.71 bits per heavy atom. The second-order valence-corrected chi connectivity index (χ2v) is 5.66. The van der Waals surface area contributed by atoms with Gasteiger partial charge in [0.15, 0.2) is 11.4 Å². The number of aromatic nitrogens is 3. The van der Waals surface area contributed by atoms with Gasteiger partial charge in [0, 0.05) is 19.3 Å². The molecule has 0 aliphatic rings. The molecule has 0 atom stereocenters. The molecule has 7 nitrogen and oxygen atoms in total. The smallest absolute Gasteiger partial charge is 0.255 e. The van der Waals surface area contributed by atoms with Crippen molar-refractivity contribution in [2.24, 2.45) is 0 Å². The van der Waals surface area contributed by atoms with E-state index in [1.165, 1.54) is 4.52 Å². The third-order valence-corrected chi connectivity index (χ3v) is 3.72. The number of hydrogen-bond donors (Lipinski definition) is 1. The van der Waals surface area contributed by atoms with Crippen LogP contribution < -0.4 is 5.73 Å². The summed E-state index contributed by atoms with van der Waals surface area (Å²) in [5.74, 6) is 0.960. The molecule has 3 heterocycles. The summed E-state index contributed by atoms with van der Waals surface area (Å²) in [4.78, 5) is 19.0. The van der Waals surface area contributed by atoms with Crippen LogP contribution in [0.1, 0.15) is 37.0 Å². The van der Waals surface area contributed by atoms with Crippen LogP contribution in [0.2, 0.25) is 0 Å². The minimum atomic E-state index is -0.0395. The number of nitrogens with two attached hydrogens (primary N) is 1. The van der Waals surface area contributed by atoms with E-state index in [0.29, 0.717) is 28.5 Å². The Balaban J connectivity index is 1.99. The molecule has 1 amide bonds. The molecular weight excluding hydrogens is 306 g/mol. The molecule has 0 spiro atoms. The second kappa shape index (κ2) is 6.74. The Labute approximate surface area is 140 Å². The third kappa shape index (κ3) is 2.97. The summed E-state index contributed by atoms with van der Waals surface area (Å²) in [6, 6.07) is 5.21. The maximum atomic E-state index is 12.7. The van der Waals surface area contributed by atoms with Crippen LogP contribution in [-0.4, -0.2) is 38.5 Å². The van der Waals surface area contributed by atoms with Crippen molar-refractivity contribution in [2.75, 3.05) is 18.8 Å². The average molecular weight is 327 g/mol. The predicted molar refractivity (Wildman–Crippen MR) is 91.6 cm³/mol. The molecule has 0 radical (unpaired) electrons. The SMILES string of the molecule is CCCN(CCC)C(=O)c1cc(N)c2nc(-c3ccco3)nn2c1. The predicted octanol–water partition coefficient (Wildman–Crippen LogP) is 2.83. The Morgan fingerprint density at radius 2 is 2.08 bits per heavy atom. The van der Waals surface area contributed by atoms with Crippen molar-refractivity contribution in [2.45, 2.75) is 26.7 Å². The summed E-state index contributed by atoms with van der Waals surface area (Å²) in [6.45, 7) is 5.56. The van der Waals surface area contributed by atoms with Gasteiger partial charge in [0.05, 0.1) is 17.5 Å². The van der Waals surface area contributed by atoms with Crippen LogP contribution in [0.25, 0.3) is 17.2 Å². The summed E-state index contributed by atoms with van der Waals surface area (Å²) in [5.41, 5.74) is 7.52. The van der Waals surface area contributed by atoms with Crippen molar-refractivity contribution in [3.63, 3.8) is 0 Å². The van der Waals surface area contributed by atoms with Crippen molar-refractivity contribution in [3.05, 3.63) is 36.2 Å². The van der Waals surface area contributed by atoms with Gasteiger partial charge in [-0.15, -0.1) is 5.10 Å². The summed E-state index contributed by atoms with van der Waals surface area (Å²) in [6.07, 6.45) is 5.06. The number of anilines is 1. The highest BCUT2D eigenvalue weighted by Crippen LogP contribution is 2.21. The molecule has 0 aromatic carbocycles. The molecule has 3 aromatic heterocycles. The fourth-order valence-electron chi connectivity index (χ4n) is 2.68. The molecule has 0 bridgehead atoms. The van der Waals surface area contributed by atoms with Gasteiger partial charge >= 0.3 is 0 Å². The van der Waals surface area contributed by atoms with Crippen molar-refractivity contribution < 1.29 is 9.21 Å². The standard InChI is InChI=1S/C17H21N5O2/c1-3-7-21(8-4-2)17(23)12-10-13(18)16-19-15(20-22(16)11-12)14-6-5-9-24-14/h5-6,9-11H,3-4,7-8,18H2,1-2H3. The monoisotopic (exact) mass is 327 g/mol. The van der Waals surface area contributed by atoms with Crippen LogP contribution in [0.3, 0.4) is 0 Å². The summed E-state index contributed by atoms with van der Waals surface area (Å²) in [7, 11) is 0. The van der Waals surface area contributed by atoms with Gasteiger partial charge in [-0.25, -0.2) is 9.50 Å². The number of hydrogen-bond acceptors (Lipinski definition) is 5. The van der Waals surface area contributed by atoms with Gasteiger partial charge in [0.2, 0.25) is 5.82 Å². The van der Waals surface area contributed by atoms with Crippen molar-refractivity contribution in [1.29, 1.82) is 0 Å². The zero-order valence-corrected chi connectivity index (χ0v) is 13.9. The lowest BCUT2D eigenvalue weighted by molar-refractivity contribution is 0.0755. The molecule has 2 N–H and O–H groups in total. The Bertz CT molecular complexity index is 832. The minimum absolute atomic E-state index is 0.0395. The number of furan rings is 1. The van der Waals surface area contributed by atoms with Crippen LogP contribution >= 0.6 is 0 Å². The molecule has 0 aliphatic carbocycles. The van der Waals surface area contributed by atoms with E-state index in [9.17, 15) is 4.79 Å². The molecule has 0 unspecified atom stereocenters. The number of pyridine rings is 1. The first kappa shape index (κ1) is 16.0. The Kier molecular flexibility index (Phi) is 4.50. The first-order chi connectivity index (χ1) is 11.6. The topological polar surface area (TPSA) is 89.7 Å². The van der Waals surface area contributed by atoms with Gasteiger partial charge in [-0.2, -0.15) is 0 Å². The van der Waals surface area contributed by atoms with E-state index in [-0.39, 0.29) is 5.91 Å². The molecule has 7 heteroatoms. The van der Waals surface area contributed by atoms with Crippen LogP contribution in [0, 0.1) is 0 Å². The second-order valence-electron chi connectivity index (χ2n) is 5.66. The quantitative estimate of drug-likeness (QED) is 0.752. The number of fused-ring (bicyclic) bond motifs is 1.